The highest BCUT2D eigenvalue weighted by molar-refractivity contribution is 9.10. The monoisotopic (exact) mass is 696 g/mol. The Morgan fingerprint density at radius 2 is 1.50 bits per heavy atom. The van der Waals surface area contributed by atoms with Crippen LogP contribution in [0.5, 0.6) is 5.75 Å². The van der Waals surface area contributed by atoms with Crippen molar-refractivity contribution in [1.82, 2.24) is 0 Å². The first-order chi connectivity index (χ1) is 21.5. The first kappa shape index (κ1) is 33.0. The quantitative estimate of drug-likeness (QED) is 0.123. The standard InChI is InChI=1S/C37H39BrCl2O4/c1-2-26-13-15-27(16-14-26)19-30-20-33(35(38)37(36(30)40)42-18-17-39)34-22-31(43-24-29-11-7-4-8-12-29)21-32(44-34)25-41-23-28-9-5-3-6-10-28/h3-16,20,31-32,34H,2,17-19,21-25H2,1H3. The third-order valence-corrected chi connectivity index (χ3v) is 9.25. The molecule has 0 spiro atoms. The van der Waals surface area contributed by atoms with Crippen molar-refractivity contribution in [2.45, 2.75) is 64.1 Å². The van der Waals surface area contributed by atoms with E-state index in [9.17, 15) is 0 Å². The van der Waals surface area contributed by atoms with E-state index in [2.05, 4.69) is 77.5 Å². The minimum atomic E-state index is -0.249. The average molecular weight is 699 g/mol. The van der Waals surface area contributed by atoms with Gasteiger partial charge in [-0.25, -0.2) is 0 Å². The largest absolute Gasteiger partial charge is 0.490 e. The Balaban J connectivity index is 1.41. The Morgan fingerprint density at radius 1 is 0.841 bits per heavy atom. The van der Waals surface area contributed by atoms with E-state index in [1.165, 1.54) is 11.1 Å². The SMILES string of the molecule is CCc1ccc(Cc2cc(C3CC(OCc4ccccc4)CC(COCc4ccccc4)O3)c(Br)c(OCCCl)c2Cl)cc1. The second-order valence-corrected chi connectivity index (χ2v) is 12.7. The smallest absolute Gasteiger partial charge is 0.152 e. The van der Waals surface area contributed by atoms with Gasteiger partial charge in [-0.2, -0.15) is 0 Å². The molecule has 4 aromatic carbocycles. The molecule has 1 heterocycles. The molecule has 0 saturated carbocycles. The number of halogens is 3. The minimum Gasteiger partial charge on any atom is -0.490 e. The van der Waals surface area contributed by atoms with E-state index in [1.54, 1.807) is 0 Å². The molecule has 4 nitrogen and oxygen atoms in total. The van der Waals surface area contributed by atoms with E-state index >= 15 is 0 Å². The number of alkyl halides is 1. The van der Waals surface area contributed by atoms with Crippen molar-refractivity contribution in [3.05, 3.63) is 134 Å². The van der Waals surface area contributed by atoms with Crippen molar-refractivity contribution in [2.75, 3.05) is 19.1 Å². The molecule has 0 amide bonds. The van der Waals surface area contributed by atoms with Gasteiger partial charge in [0, 0.05) is 12.8 Å². The second-order valence-electron chi connectivity index (χ2n) is 11.1. The third kappa shape index (κ3) is 9.09. The summed E-state index contributed by atoms with van der Waals surface area (Å²) in [6, 6.07) is 31.3. The fourth-order valence-corrected chi connectivity index (χ4v) is 6.66. The van der Waals surface area contributed by atoms with Crippen LogP contribution in [-0.2, 0) is 40.3 Å². The Bertz CT molecular complexity index is 1450. The van der Waals surface area contributed by atoms with Crippen LogP contribution in [0.3, 0.4) is 0 Å². The summed E-state index contributed by atoms with van der Waals surface area (Å²) in [5, 5.41) is 0.584. The second kappa shape index (κ2) is 16.8. The van der Waals surface area contributed by atoms with E-state index in [-0.39, 0.29) is 18.3 Å². The summed E-state index contributed by atoms with van der Waals surface area (Å²) in [5.41, 5.74) is 6.73. The fraction of sp³-hybridized carbons (Fsp3) is 0.351. The number of hydrogen-bond acceptors (Lipinski definition) is 4. The number of aryl methyl sites for hydroxylation is 1. The summed E-state index contributed by atoms with van der Waals surface area (Å²) in [5.74, 6) is 0.953. The minimum absolute atomic E-state index is 0.0147. The normalized spacial score (nSPS) is 18.3. The molecule has 0 bridgehead atoms. The lowest BCUT2D eigenvalue weighted by Crippen LogP contribution is -2.36. The summed E-state index contributed by atoms with van der Waals surface area (Å²) in [7, 11) is 0. The zero-order valence-electron chi connectivity index (χ0n) is 25.0. The lowest BCUT2D eigenvalue weighted by atomic mass is 9.93. The number of rotatable bonds is 14. The van der Waals surface area contributed by atoms with Crippen LogP contribution in [0, 0.1) is 0 Å². The lowest BCUT2D eigenvalue weighted by Gasteiger charge is -2.36. The van der Waals surface area contributed by atoms with Crippen molar-refractivity contribution < 1.29 is 18.9 Å². The Morgan fingerprint density at radius 3 is 2.16 bits per heavy atom. The molecule has 1 saturated heterocycles. The molecule has 232 valence electrons. The first-order valence-corrected chi connectivity index (χ1v) is 16.9. The van der Waals surface area contributed by atoms with Crippen molar-refractivity contribution >= 4 is 39.1 Å². The molecule has 1 aliphatic heterocycles. The third-order valence-electron chi connectivity index (χ3n) is 7.86. The van der Waals surface area contributed by atoms with Crippen LogP contribution < -0.4 is 4.74 Å². The van der Waals surface area contributed by atoms with Gasteiger partial charge in [0.1, 0.15) is 6.61 Å². The van der Waals surface area contributed by atoms with Crippen LogP contribution in [-0.4, -0.2) is 31.3 Å². The van der Waals surface area contributed by atoms with Crippen LogP contribution in [0.2, 0.25) is 5.02 Å². The van der Waals surface area contributed by atoms with Gasteiger partial charge in [-0.15, -0.1) is 11.6 Å². The maximum atomic E-state index is 6.99. The highest BCUT2D eigenvalue weighted by atomic mass is 79.9. The summed E-state index contributed by atoms with van der Waals surface area (Å²) >= 11 is 16.8. The fourth-order valence-electron chi connectivity index (χ4n) is 5.52. The van der Waals surface area contributed by atoms with Gasteiger partial charge < -0.3 is 18.9 Å². The molecule has 1 fully saturated rings. The van der Waals surface area contributed by atoms with Gasteiger partial charge in [-0.3, -0.25) is 0 Å². The van der Waals surface area contributed by atoms with Crippen LogP contribution in [0.1, 0.15) is 59.3 Å². The number of hydrogen-bond donors (Lipinski definition) is 0. The van der Waals surface area contributed by atoms with Gasteiger partial charge in [-0.05, 0) is 68.2 Å². The van der Waals surface area contributed by atoms with E-state index < -0.39 is 0 Å². The highest BCUT2D eigenvalue weighted by Crippen LogP contribution is 2.45. The van der Waals surface area contributed by atoms with Crippen molar-refractivity contribution in [3.8, 4) is 5.75 Å². The molecule has 7 heteroatoms. The molecule has 3 unspecified atom stereocenters. The average Bonchev–Trinajstić information content (AvgIpc) is 3.06. The summed E-state index contributed by atoms with van der Waals surface area (Å²) in [6.07, 6.45) is 2.71. The van der Waals surface area contributed by atoms with Gasteiger partial charge in [0.25, 0.3) is 0 Å². The maximum Gasteiger partial charge on any atom is 0.152 e. The maximum absolute atomic E-state index is 6.99. The molecule has 44 heavy (non-hydrogen) atoms. The molecule has 1 aliphatic rings. The van der Waals surface area contributed by atoms with Crippen molar-refractivity contribution in [2.24, 2.45) is 0 Å². The summed E-state index contributed by atoms with van der Waals surface area (Å²) in [4.78, 5) is 0. The van der Waals surface area contributed by atoms with E-state index in [4.69, 9.17) is 42.1 Å². The van der Waals surface area contributed by atoms with Gasteiger partial charge in [0.15, 0.2) is 5.75 Å². The molecule has 0 radical (unpaired) electrons. The predicted molar refractivity (Wildman–Crippen MR) is 182 cm³/mol. The van der Waals surface area contributed by atoms with Crippen molar-refractivity contribution in [3.63, 3.8) is 0 Å². The topological polar surface area (TPSA) is 36.9 Å². The molecule has 3 atom stereocenters. The van der Waals surface area contributed by atoms with Crippen LogP contribution in [0.15, 0.2) is 95.5 Å². The van der Waals surface area contributed by atoms with E-state index in [0.29, 0.717) is 55.9 Å². The van der Waals surface area contributed by atoms with Crippen molar-refractivity contribution in [1.29, 1.82) is 0 Å². The van der Waals surface area contributed by atoms with Gasteiger partial charge >= 0.3 is 0 Å². The lowest BCUT2D eigenvalue weighted by molar-refractivity contribution is -0.142. The molecule has 4 aromatic rings. The molecule has 5 rings (SSSR count). The Hall–Kier alpha value is -2.38. The van der Waals surface area contributed by atoms with Gasteiger partial charge in [0.2, 0.25) is 0 Å². The Kier molecular flexibility index (Phi) is 12.6. The van der Waals surface area contributed by atoms with Gasteiger partial charge in [-0.1, -0.05) is 103 Å². The van der Waals surface area contributed by atoms with Crippen LogP contribution >= 0.6 is 39.1 Å². The highest BCUT2D eigenvalue weighted by Gasteiger charge is 2.34. The summed E-state index contributed by atoms with van der Waals surface area (Å²) < 4.78 is 26.3. The zero-order chi connectivity index (χ0) is 30.7. The predicted octanol–water partition coefficient (Wildman–Crippen LogP) is 9.90. The van der Waals surface area contributed by atoms with Crippen LogP contribution in [0.25, 0.3) is 0 Å². The molecule has 0 N–H and O–H groups in total. The van der Waals surface area contributed by atoms with E-state index in [0.717, 1.165) is 39.6 Å². The number of ether oxygens (including phenoxy) is 4. The molecule has 0 aliphatic carbocycles. The molecular weight excluding hydrogens is 659 g/mol. The first-order valence-electron chi connectivity index (χ1n) is 15.2. The van der Waals surface area contributed by atoms with Crippen LogP contribution in [0.4, 0.5) is 0 Å². The Labute approximate surface area is 279 Å². The van der Waals surface area contributed by atoms with E-state index in [1.807, 2.05) is 36.4 Å². The zero-order valence-corrected chi connectivity index (χ0v) is 28.1. The van der Waals surface area contributed by atoms with Gasteiger partial charge in [0.05, 0.1) is 53.5 Å². The summed E-state index contributed by atoms with van der Waals surface area (Å²) in [6.45, 7) is 4.05. The molecular formula is C37H39BrCl2O4. The molecule has 0 aromatic heterocycles. The number of benzene rings is 4.